The zero-order valence-electron chi connectivity index (χ0n) is 19.8. The lowest BCUT2D eigenvalue weighted by Crippen LogP contribution is -2.48. The van der Waals surface area contributed by atoms with Gasteiger partial charge in [-0.3, -0.25) is 0 Å². The largest absolute Gasteiger partial charge is 0.385 e. The number of likely N-dealkylation sites (tertiary alicyclic amines) is 1. The number of nitrogens with zero attached hydrogens (tertiary/aromatic N) is 3. The van der Waals surface area contributed by atoms with E-state index < -0.39 is 5.60 Å². The molecule has 1 aromatic heterocycles. The Bertz CT molecular complexity index is 1180. The van der Waals surface area contributed by atoms with Gasteiger partial charge in [0.05, 0.1) is 5.60 Å². The summed E-state index contributed by atoms with van der Waals surface area (Å²) in [5.41, 5.74) is 6.45. The van der Waals surface area contributed by atoms with Gasteiger partial charge in [-0.1, -0.05) is 54.6 Å². The van der Waals surface area contributed by atoms with Crippen molar-refractivity contribution in [2.24, 2.45) is 0 Å². The maximum absolute atomic E-state index is 11.8. The first kappa shape index (κ1) is 20.7. The number of aliphatic hydroxyl groups is 1. The predicted molar refractivity (Wildman–Crippen MR) is 135 cm³/mol. The van der Waals surface area contributed by atoms with E-state index in [2.05, 4.69) is 64.4 Å². The number of pyridine rings is 1. The Balaban J connectivity index is 1.16. The van der Waals surface area contributed by atoms with Gasteiger partial charge in [0, 0.05) is 55.8 Å². The van der Waals surface area contributed by atoms with Crippen molar-refractivity contribution in [2.75, 3.05) is 37.6 Å². The Morgan fingerprint density at radius 2 is 1.41 bits per heavy atom. The van der Waals surface area contributed by atoms with Gasteiger partial charge in [0.15, 0.2) is 0 Å². The first-order valence-electron chi connectivity index (χ1n) is 13.0. The van der Waals surface area contributed by atoms with Crippen LogP contribution in [0.25, 0.3) is 0 Å². The fraction of sp³-hybridized carbons (Fsp3) is 0.433. The summed E-state index contributed by atoms with van der Waals surface area (Å²) >= 11 is 0. The number of piperidine rings is 1. The van der Waals surface area contributed by atoms with Crippen molar-refractivity contribution in [3.05, 3.63) is 94.7 Å². The molecule has 2 aliphatic heterocycles. The maximum atomic E-state index is 11.8. The van der Waals surface area contributed by atoms with Gasteiger partial charge in [-0.15, -0.1) is 0 Å². The summed E-state index contributed by atoms with van der Waals surface area (Å²) in [5.74, 6) is 1.54. The highest BCUT2D eigenvalue weighted by Gasteiger charge is 2.53. The summed E-state index contributed by atoms with van der Waals surface area (Å²) in [7, 11) is 0. The van der Waals surface area contributed by atoms with E-state index in [0.29, 0.717) is 5.92 Å². The second kappa shape index (κ2) is 7.66. The van der Waals surface area contributed by atoms with E-state index in [1.807, 2.05) is 12.3 Å². The molecule has 3 heterocycles. The van der Waals surface area contributed by atoms with Crippen LogP contribution < -0.4 is 4.90 Å². The summed E-state index contributed by atoms with van der Waals surface area (Å²) in [6.45, 7) is 4.98. The monoisotopic (exact) mass is 451 g/mol. The molecule has 2 aliphatic carbocycles. The third kappa shape index (κ3) is 2.95. The van der Waals surface area contributed by atoms with E-state index >= 15 is 0 Å². The zero-order chi connectivity index (χ0) is 22.8. The minimum absolute atomic E-state index is 0.0856. The molecule has 0 radical (unpaired) electrons. The summed E-state index contributed by atoms with van der Waals surface area (Å²) in [6, 6.07) is 22.3. The molecule has 2 saturated heterocycles. The number of fused-ring (bicyclic) bond motifs is 8. The number of benzene rings is 2. The van der Waals surface area contributed by atoms with Crippen LogP contribution in [0.1, 0.15) is 65.8 Å². The Morgan fingerprint density at radius 1 is 0.794 bits per heavy atom. The highest BCUT2D eigenvalue weighted by atomic mass is 16.3. The van der Waals surface area contributed by atoms with Crippen LogP contribution >= 0.6 is 0 Å². The van der Waals surface area contributed by atoms with Gasteiger partial charge in [0.25, 0.3) is 0 Å². The molecule has 174 valence electrons. The first-order valence-corrected chi connectivity index (χ1v) is 13.0. The van der Waals surface area contributed by atoms with Gasteiger partial charge in [-0.25, -0.2) is 4.98 Å². The van der Waals surface area contributed by atoms with Gasteiger partial charge in [0.1, 0.15) is 5.82 Å². The van der Waals surface area contributed by atoms with Crippen LogP contribution in [-0.2, 0) is 11.0 Å². The molecule has 34 heavy (non-hydrogen) atoms. The van der Waals surface area contributed by atoms with Crippen LogP contribution in [-0.4, -0.2) is 47.7 Å². The van der Waals surface area contributed by atoms with Crippen molar-refractivity contribution in [3.8, 4) is 0 Å². The predicted octanol–water partition coefficient (Wildman–Crippen LogP) is 4.80. The molecule has 4 aliphatic rings. The molecule has 7 rings (SSSR count). The molecule has 0 saturated carbocycles. The van der Waals surface area contributed by atoms with Crippen LogP contribution in [0.4, 0.5) is 5.82 Å². The molecular weight excluding hydrogens is 418 g/mol. The lowest BCUT2D eigenvalue weighted by Gasteiger charge is -2.43. The van der Waals surface area contributed by atoms with E-state index in [-0.39, 0.29) is 5.41 Å². The Labute approximate surface area is 202 Å². The standard InChI is InChI=1S/C30H33N3O/c34-30(27-12-7-15-31-28(27)33-16-5-6-17-33)13-18-32(19-14-30)21-29-20-24(22-8-1-3-10-25(22)29)23-9-2-4-11-26(23)29/h1-4,7-12,15,24,34H,5-6,13-14,16-21H2. The van der Waals surface area contributed by atoms with Gasteiger partial charge < -0.3 is 14.9 Å². The Morgan fingerprint density at radius 3 is 2.09 bits per heavy atom. The van der Waals surface area contributed by atoms with Crippen molar-refractivity contribution in [3.63, 3.8) is 0 Å². The molecule has 3 aromatic rings. The van der Waals surface area contributed by atoms with Crippen LogP contribution in [0.5, 0.6) is 0 Å². The van der Waals surface area contributed by atoms with Crippen molar-refractivity contribution in [2.45, 2.75) is 49.0 Å². The summed E-state index contributed by atoms with van der Waals surface area (Å²) in [4.78, 5) is 9.69. The average Bonchev–Trinajstić information content (AvgIpc) is 3.61. The highest BCUT2D eigenvalue weighted by molar-refractivity contribution is 5.63. The third-order valence-corrected chi connectivity index (χ3v) is 9.13. The summed E-state index contributed by atoms with van der Waals surface area (Å²) < 4.78 is 0. The zero-order valence-corrected chi connectivity index (χ0v) is 19.8. The lowest BCUT2D eigenvalue weighted by atomic mass is 9.74. The van der Waals surface area contributed by atoms with Gasteiger partial charge in [-0.2, -0.15) is 0 Å². The summed E-state index contributed by atoms with van der Waals surface area (Å²) in [6.07, 6.45) is 7.03. The molecular formula is C30H33N3O. The molecule has 4 nitrogen and oxygen atoms in total. The number of anilines is 1. The number of aromatic nitrogens is 1. The van der Waals surface area contributed by atoms with E-state index in [1.165, 1.54) is 41.5 Å². The quantitative estimate of drug-likeness (QED) is 0.619. The average molecular weight is 452 g/mol. The molecule has 0 atom stereocenters. The Kier molecular flexibility index (Phi) is 4.65. The normalized spacial score (nSPS) is 27.1. The third-order valence-electron chi connectivity index (χ3n) is 9.13. The minimum Gasteiger partial charge on any atom is -0.385 e. The molecule has 0 unspecified atom stereocenters. The second-order valence-corrected chi connectivity index (χ2v) is 10.9. The second-order valence-electron chi connectivity index (χ2n) is 10.9. The fourth-order valence-electron chi connectivity index (χ4n) is 7.48. The maximum Gasteiger partial charge on any atom is 0.134 e. The van der Waals surface area contributed by atoms with Crippen LogP contribution in [0, 0.1) is 0 Å². The minimum atomic E-state index is -0.788. The number of hydrogen-bond acceptors (Lipinski definition) is 4. The smallest absolute Gasteiger partial charge is 0.134 e. The Hall–Kier alpha value is -2.69. The van der Waals surface area contributed by atoms with Gasteiger partial charge >= 0.3 is 0 Å². The fourth-order valence-corrected chi connectivity index (χ4v) is 7.48. The molecule has 2 fully saturated rings. The van der Waals surface area contributed by atoms with Crippen molar-refractivity contribution in [1.82, 2.24) is 9.88 Å². The summed E-state index contributed by atoms with van der Waals surface area (Å²) in [5, 5.41) is 11.8. The highest BCUT2D eigenvalue weighted by Crippen LogP contribution is 2.60. The molecule has 4 heteroatoms. The lowest BCUT2D eigenvalue weighted by molar-refractivity contribution is -0.0287. The first-order chi connectivity index (χ1) is 16.7. The molecule has 1 N–H and O–H groups in total. The number of hydrogen-bond donors (Lipinski definition) is 1. The van der Waals surface area contributed by atoms with Crippen molar-refractivity contribution in [1.29, 1.82) is 0 Å². The van der Waals surface area contributed by atoms with Crippen LogP contribution in [0.2, 0.25) is 0 Å². The molecule has 0 spiro atoms. The topological polar surface area (TPSA) is 39.6 Å². The van der Waals surface area contributed by atoms with Crippen molar-refractivity contribution >= 4 is 5.82 Å². The van der Waals surface area contributed by atoms with Crippen LogP contribution in [0.15, 0.2) is 66.9 Å². The van der Waals surface area contributed by atoms with Crippen molar-refractivity contribution < 1.29 is 5.11 Å². The van der Waals surface area contributed by atoms with Gasteiger partial charge in [0.2, 0.25) is 0 Å². The molecule has 0 amide bonds. The number of rotatable bonds is 4. The van der Waals surface area contributed by atoms with E-state index in [9.17, 15) is 5.11 Å². The van der Waals surface area contributed by atoms with Gasteiger partial charge in [-0.05, 0) is 60.4 Å². The van der Waals surface area contributed by atoms with E-state index in [1.54, 1.807) is 0 Å². The van der Waals surface area contributed by atoms with E-state index in [4.69, 9.17) is 4.98 Å². The van der Waals surface area contributed by atoms with E-state index in [0.717, 1.165) is 56.9 Å². The SMILES string of the molecule is OC1(c2cccnc2N2CCCC2)CCN(CC23CC(c4ccccc42)c2ccccc23)CC1. The molecule has 2 aromatic carbocycles. The molecule has 2 bridgehead atoms. The van der Waals surface area contributed by atoms with Crippen LogP contribution in [0.3, 0.4) is 0 Å².